The molecule has 2 atom stereocenters. The van der Waals surface area contributed by atoms with Crippen molar-refractivity contribution in [3.8, 4) is 0 Å². The molecule has 0 aromatic carbocycles. The van der Waals surface area contributed by atoms with Gasteiger partial charge in [-0.15, -0.1) is 0 Å². The van der Waals surface area contributed by atoms with Crippen molar-refractivity contribution in [2.45, 2.75) is 167 Å². The molecule has 0 bridgehead atoms. The smallest absolute Gasteiger partial charge is 0.306 e. The Labute approximate surface area is 348 Å². The van der Waals surface area contributed by atoms with Crippen molar-refractivity contribution in [3.05, 3.63) is 85.1 Å². The van der Waals surface area contributed by atoms with Crippen LogP contribution in [0.1, 0.15) is 155 Å². The Morgan fingerprint density at radius 2 is 1.02 bits per heavy atom. The molecular weight excluding hydrogens is 715 g/mol. The molecule has 0 rings (SSSR count). The summed E-state index contributed by atoms with van der Waals surface area (Å²) in [5.74, 6) is -1.86. The van der Waals surface area contributed by atoms with Gasteiger partial charge in [0.05, 0.1) is 40.3 Å². The van der Waals surface area contributed by atoms with Crippen LogP contribution in [-0.2, 0) is 28.6 Å². The second kappa shape index (κ2) is 39.3. The molecule has 0 fully saturated rings. The molecule has 0 amide bonds. The Morgan fingerprint density at radius 3 is 1.53 bits per heavy atom. The third-order valence-electron chi connectivity index (χ3n) is 9.28. The molecule has 2 unspecified atom stereocenters. The van der Waals surface area contributed by atoms with E-state index >= 15 is 0 Å². The van der Waals surface area contributed by atoms with E-state index in [0.29, 0.717) is 12.8 Å². The average Bonchev–Trinajstić information content (AvgIpc) is 3.17. The van der Waals surface area contributed by atoms with E-state index in [1.165, 1.54) is 51.4 Å². The molecule has 0 saturated heterocycles. The van der Waals surface area contributed by atoms with Crippen LogP contribution >= 0.6 is 0 Å². The van der Waals surface area contributed by atoms with Crippen LogP contribution in [0.5, 0.6) is 0 Å². The van der Waals surface area contributed by atoms with Gasteiger partial charge in [0.1, 0.15) is 12.6 Å². The molecule has 0 aliphatic heterocycles. The number of carboxylic acids is 1. The summed E-state index contributed by atoms with van der Waals surface area (Å²) in [6.07, 6.45) is 50.5. The first-order chi connectivity index (χ1) is 27.6. The van der Waals surface area contributed by atoms with E-state index in [1.807, 2.05) is 12.2 Å². The lowest BCUT2D eigenvalue weighted by Crippen LogP contribution is -2.55. The quantitative estimate of drug-likeness (QED) is 0.0265. The molecule has 0 heterocycles. The van der Waals surface area contributed by atoms with Crippen LogP contribution in [0.4, 0.5) is 0 Å². The van der Waals surface area contributed by atoms with Gasteiger partial charge in [0.15, 0.2) is 6.10 Å². The molecule has 0 N–H and O–H groups in total. The highest BCUT2D eigenvalue weighted by atomic mass is 16.6. The van der Waals surface area contributed by atoms with Gasteiger partial charge in [0.2, 0.25) is 0 Å². The zero-order valence-corrected chi connectivity index (χ0v) is 36.7. The maximum Gasteiger partial charge on any atom is 0.306 e. The van der Waals surface area contributed by atoms with Gasteiger partial charge in [-0.1, -0.05) is 144 Å². The molecule has 0 aromatic rings. The number of carbonyl (C=O) groups is 3. The van der Waals surface area contributed by atoms with E-state index in [2.05, 4.69) is 86.8 Å². The molecule has 8 heteroatoms. The normalized spacial score (nSPS) is 13.8. The Balaban J connectivity index is 4.48. The van der Waals surface area contributed by atoms with Gasteiger partial charge >= 0.3 is 11.9 Å². The summed E-state index contributed by atoms with van der Waals surface area (Å²) in [6.45, 7) is 4.41. The molecule has 8 nitrogen and oxygen atoms in total. The van der Waals surface area contributed by atoms with Gasteiger partial charge in [-0.25, -0.2) is 0 Å². The summed E-state index contributed by atoms with van der Waals surface area (Å²) in [5, 5.41) is 11.6. The number of esters is 2. The van der Waals surface area contributed by atoms with Crippen molar-refractivity contribution in [1.29, 1.82) is 0 Å². The minimum absolute atomic E-state index is 0.00354. The lowest BCUT2D eigenvalue weighted by atomic mass is 10.1. The topological polar surface area (TPSA) is 102 Å². The van der Waals surface area contributed by atoms with Crippen molar-refractivity contribution in [2.24, 2.45) is 0 Å². The van der Waals surface area contributed by atoms with Crippen LogP contribution in [0.3, 0.4) is 0 Å². The largest absolute Gasteiger partial charge is 0.544 e. The maximum atomic E-state index is 12.7. The van der Waals surface area contributed by atoms with Crippen molar-refractivity contribution >= 4 is 17.9 Å². The Morgan fingerprint density at radius 1 is 0.544 bits per heavy atom. The summed E-state index contributed by atoms with van der Waals surface area (Å²) < 4.78 is 17.1. The monoisotopic (exact) mass is 796 g/mol. The summed E-state index contributed by atoms with van der Waals surface area (Å²) in [5.41, 5.74) is 0. The number of carbonyl (C=O) groups excluding carboxylic acids is 3. The van der Waals surface area contributed by atoms with Crippen LogP contribution in [0, 0.1) is 0 Å². The Bertz CT molecular complexity index is 1200. The molecule has 0 radical (unpaired) electrons. The van der Waals surface area contributed by atoms with Crippen LogP contribution < -0.4 is 5.11 Å². The first-order valence-corrected chi connectivity index (χ1v) is 22.1. The summed E-state index contributed by atoms with van der Waals surface area (Å²) in [7, 11) is 5.37. The fraction of sp³-hybridized carbons (Fsp3) is 0.653. The highest BCUT2D eigenvalue weighted by Crippen LogP contribution is 2.12. The van der Waals surface area contributed by atoms with Crippen molar-refractivity contribution < 1.29 is 38.2 Å². The van der Waals surface area contributed by atoms with Crippen LogP contribution in [0.15, 0.2) is 85.1 Å². The zero-order chi connectivity index (χ0) is 42.1. The molecule has 0 saturated carbocycles. The number of rotatable bonds is 38. The number of carboxylic acid groups (broad SMARTS) is 1. The second-order valence-electron chi connectivity index (χ2n) is 15.5. The van der Waals surface area contributed by atoms with Crippen LogP contribution in [0.25, 0.3) is 0 Å². The Hall–Kier alpha value is -3.49. The molecule has 0 spiro atoms. The van der Waals surface area contributed by atoms with E-state index < -0.39 is 24.1 Å². The number of nitrogens with zero attached hydrogens (tertiary/aromatic N) is 1. The molecular formula is C49H81NO7. The Kier molecular flexibility index (Phi) is 36.9. The lowest BCUT2D eigenvalue weighted by Gasteiger charge is -2.34. The number of hydrogen-bond donors (Lipinski definition) is 0. The van der Waals surface area contributed by atoms with Gasteiger partial charge in [-0.05, 0) is 77.0 Å². The van der Waals surface area contributed by atoms with Crippen LogP contribution in [0.2, 0.25) is 0 Å². The molecule has 0 aliphatic rings. The van der Waals surface area contributed by atoms with E-state index in [4.69, 9.17) is 14.2 Å². The number of likely N-dealkylation sites (N-methyl/N-ethyl adjacent to an activating group) is 1. The maximum absolute atomic E-state index is 12.7. The number of ether oxygens (including phenoxy) is 3. The highest BCUT2D eigenvalue weighted by molar-refractivity contribution is 5.70. The van der Waals surface area contributed by atoms with Gasteiger partial charge in [-0.3, -0.25) is 9.59 Å². The number of hydrogen-bond acceptors (Lipinski definition) is 7. The SMILES string of the molecule is CC/C=C/C/C=C/C/C=C/C/C=C/C/C=C/CCC(=O)OC(COCCC(C(=O)[O-])[N+](C)(C)C)COC(=O)CCCCCCCCC/C=C/C/C=C/CCCCC. The van der Waals surface area contributed by atoms with Crippen molar-refractivity contribution in [1.82, 2.24) is 0 Å². The number of quaternary nitrogens is 1. The van der Waals surface area contributed by atoms with Gasteiger partial charge < -0.3 is 28.6 Å². The first kappa shape index (κ1) is 53.5. The number of unbranched alkanes of at least 4 members (excludes halogenated alkanes) is 10. The minimum atomic E-state index is -1.14. The van der Waals surface area contributed by atoms with E-state index in [1.54, 1.807) is 21.1 Å². The predicted molar refractivity (Wildman–Crippen MR) is 235 cm³/mol. The third-order valence-corrected chi connectivity index (χ3v) is 9.28. The summed E-state index contributed by atoms with van der Waals surface area (Å²) in [6, 6.07) is -0.744. The molecule has 324 valence electrons. The lowest BCUT2D eigenvalue weighted by molar-refractivity contribution is -0.889. The predicted octanol–water partition coefficient (Wildman–Crippen LogP) is 10.8. The summed E-state index contributed by atoms with van der Waals surface area (Å²) in [4.78, 5) is 36.8. The second-order valence-corrected chi connectivity index (χ2v) is 15.5. The van der Waals surface area contributed by atoms with Gasteiger partial charge in [0.25, 0.3) is 0 Å². The first-order valence-electron chi connectivity index (χ1n) is 22.1. The average molecular weight is 796 g/mol. The fourth-order valence-electron chi connectivity index (χ4n) is 5.85. The highest BCUT2D eigenvalue weighted by Gasteiger charge is 2.25. The standard InChI is InChI=1S/C49H81NO7/c1-6-8-10-12-14-16-18-20-22-24-26-27-29-31-33-35-37-39-47(51)56-44-45(43-55-42-41-46(49(53)54)50(3,4)5)57-48(52)40-38-36-34-32-30-28-25-23-21-19-17-15-13-11-9-7-2/h9,11,14-17,20-23,28,30,34,36,45-46H,6-8,10,12-13,18-19,24-27,29,31-33,35,37-44H2,1-5H3/b11-9+,16-14+,17-15+,22-20+,23-21+,30-28+,36-34+. The minimum Gasteiger partial charge on any atom is -0.544 e. The molecule has 0 aromatic heterocycles. The third kappa shape index (κ3) is 37.8. The van der Waals surface area contributed by atoms with E-state index in [-0.39, 0.29) is 43.1 Å². The van der Waals surface area contributed by atoms with Crippen LogP contribution in [-0.4, -0.2) is 75.5 Å². The molecule has 57 heavy (non-hydrogen) atoms. The van der Waals surface area contributed by atoms with E-state index in [9.17, 15) is 19.5 Å². The zero-order valence-electron chi connectivity index (χ0n) is 36.7. The fourth-order valence-corrected chi connectivity index (χ4v) is 5.85. The summed E-state index contributed by atoms with van der Waals surface area (Å²) >= 11 is 0. The molecule has 0 aliphatic carbocycles. The number of aliphatic carboxylic acids is 1. The van der Waals surface area contributed by atoms with Crippen molar-refractivity contribution in [2.75, 3.05) is 41.0 Å². The van der Waals surface area contributed by atoms with E-state index in [0.717, 1.165) is 64.2 Å². The van der Waals surface area contributed by atoms with Crippen molar-refractivity contribution in [3.63, 3.8) is 0 Å². The van der Waals surface area contributed by atoms with Gasteiger partial charge in [0, 0.05) is 19.3 Å². The number of allylic oxidation sites excluding steroid dienone is 14. The van der Waals surface area contributed by atoms with Gasteiger partial charge in [-0.2, -0.15) is 0 Å².